The van der Waals surface area contributed by atoms with Crippen LogP contribution in [-0.4, -0.2) is 30.2 Å². The van der Waals surface area contributed by atoms with Gasteiger partial charge in [0, 0.05) is 19.2 Å². The zero-order valence-corrected chi connectivity index (χ0v) is 13.4. The van der Waals surface area contributed by atoms with Crippen LogP contribution in [0.4, 0.5) is 0 Å². The third-order valence-electron chi connectivity index (χ3n) is 4.73. The summed E-state index contributed by atoms with van der Waals surface area (Å²) in [4.78, 5) is 27.8. The summed E-state index contributed by atoms with van der Waals surface area (Å²) >= 11 is 0. The normalized spacial score (nSPS) is 17.7. The fourth-order valence-corrected chi connectivity index (χ4v) is 3.48. The smallest absolute Gasteiger partial charge is 0.254 e. The minimum absolute atomic E-state index is 0.0192. The summed E-state index contributed by atoms with van der Waals surface area (Å²) < 4.78 is 0. The van der Waals surface area contributed by atoms with Gasteiger partial charge in [0.2, 0.25) is 0 Å². The molecular formula is C21H17NO2. The van der Waals surface area contributed by atoms with Crippen LogP contribution in [0.3, 0.4) is 0 Å². The zero-order chi connectivity index (χ0) is 16.7. The number of likely N-dealkylation sites (N-methyl/N-ethyl adjacent to an activating group) is 1. The molecule has 0 aromatic heterocycles. The molecule has 3 nitrogen and oxygen atoms in total. The van der Waals surface area contributed by atoms with E-state index < -0.39 is 0 Å². The number of fused-ring (bicyclic) bond motifs is 3. The highest BCUT2D eigenvalue weighted by Crippen LogP contribution is 2.32. The quantitative estimate of drug-likeness (QED) is 0.683. The number of hydrogen-bond acceptors (Lipinski definition) is 2. The number of hydrogen-bond donors (Lipinski definition) is 0. The van der Waals surface area contributed by atoms with Crippen molar-refractivity contribution in [3.63, 3.8) is 0 Å². The van der Waals surface area contributed by atoms with Gasteiger partial charge in [-0.3, -0.25) is 9.59 Å². The summed E-state index contributed by atoms with van der Waals surface area (Å²) in [6.07, 6.45) is 0. The van der Waals surface area contributed by atoms with E-state index in [1.807, 2.05) is 60.7 Å². The second-order valence-corrected chi connectivity index (χ2v) is 6.22. The van der Waals surface area contributed by atoms with Crippen molar-refractivity contribution >= 4 is 22.5 Å². The lowest BCUT2D eigenvalue weighted by Gasteiger charge is -2.19. The number of amides is 1. The van der Waals surface area contributed by atoms with Gasteiger partial charge in [-0.05, 0) is 22.4 Å². The fourth-order valence-electron chi connectivity index (χ4n) is 3.48. The zero-order valence-electron chi connectivity index (χ0n) is 13.4. The molecule has 4 rings (SSSR count). The number of carbonyl (C=O) groups excluding carboxylic acids is 2. The molecule has 1 unspecified atom stereocenters. The van der Waals surface area contributed by atoms with Crippen molar-refractivity contribution < 1.29 is 9.59 Å². The molecule has 0 saturated heterocycles. The maximum Gasteiger partial charge on any atom is 0.254 e. The molecule has 1 atom stereocenters. The Labute approximate surface area is 140 Å². The minimum Gasteiger partial charge on any atom is -0.341 e. The molecule has 1 heterocycles. The standard InChI is InChI=1S/C21H17NO2/c1-22-13-18(14-7-3-2-4-8-14)20(23)19-16-10-6-5-9-15(16)11-12-17(19)21(22)24/h2-12,18H,13H2,1H3. The summed E-state index contributed by atoms with van der Waals surface area (Å²) in [7, 11) is 1.76. The van der Waals surface area contributed by atoms with E-state index in [2.05, 4.69) is 0 Å². The van der Waals surface area contributed by atoms with Gasteiger partial charge in [0.05, 0.1) is 11.5 Å². The van der Waals surface area contributed by atoms with Crippen molar-refractivity contribution in [1.29, 1.82) is 0 Å². The molecular weight excluding hydrogens is 298 g/mol. The summed E-state index contributed by atoms with van der Waals surface area (Å²) in [6, 6.07) is 21.1. The SMILES string of the molecule is CN1CC(c2ccccc2)C(=O)c2c(ccc3ccccc23)C1=O. The molecule has 1 aliphatic heterocycles. The molecule has 0 bridgehead atoms. The van der Waals surface area contributed by atoms with Gasteiger partial charge in [-0.15, -0.1) is 0 Å². The molecule has 0 aliphatic carbocycles. The Balaban J connectivity index is 1.99. The predicted molar refractivity (Wildman–Crippen MR) is 94.4 cm³/mol. The molecule has 3 aromatic carbocycles. The molecule has 0 spiro atoms. The van der Waals surface area contributed by atoms with Crippen molar-refractivity contribution in [2.45, 2.75) is 5.92 Å². The largest absolute Gasteiger partial charge is 0.341 e. The first-order valence-electron chi connectivity index (χ1n) is 8.03. The topological polar surface area (TPSA) is 37.4 Å². The predicted octanol–water partition coefficient (Wildman–Crippen LogP) is 3.89. The number of Topliss-reactive ketones (excluding diaryl/α,β-unsaturated/α-hetero) is 1. The molecule has 0 fully saturated rings. The van der Waals surface area contributed by atoms with E-state index in [-0.39, 0.29) is 17.6 Å². The molecule has 1 aliphatic rings. The van der Waals surface area contributed by atoms with E-state index in [0.29, 0.717) is 17.7 Å². The van der Waals surface area contributed by atoms with Crippen LogP contribution >= 0.6 is 0 Å². The lowest BCUT2D eigenvalue weighted by atomic mass is 9.87. The Bertz CT molecular complexity index is 946. The van der Waals surface area contributed by atoms with Crippen LogP contribution in [0.25, 0.3) is 10.8 Å². The van der Waals surface area contributed by atoms with Gasteiger partial charge < -0.3 is 4.90 Å². The second-order valence-electron chi connectivity index (χ2n) is 6.22. The molecule has 0 saturated carbocycles. The molecule has 118 valence electrons. The fraction of sp³-hybridized carbons (Fsp3) is 0.143. The van der Waals surface area contributed by atoms with E-state index in [9.17, 15) is 9.59 Å². The molecule has 24 heavy (non-hydrogen) atoms. The summed E-state index contributed by atoms with van der Waals surface area (Å²) in [6.45, 7) is 0.394. The van der Waals surface area contributed by atoms with Crippen molar-refractivity contribution in [3.8, 4) is 0 Å². The highest BCUT2D eigenvalue weighted by atomic mass is 16.2. The Morgan fingerprint density at radius 1 is 0.875 bits per heavy atom. The summed E-state index contributed by atoms with van der Waals surface area (Å²) in [5, 5.41) is 1.83. The Kier molecular flexibility index (Phi) is 3.42. The first kappa shape index (κ1) is 14.6. The molecule has 0 N–H and O–H groups in total. The van der Waals surface area contributed by atoms with Crippen LogP contribution in [0.2, 0.25) is 0 Å². The van der Waals surface area contributed by atoms with Crippen molar-refractivity contribution in [3.05, 3.63) is 83.4 Å². The van der Waals surface area contributed by atoms with E-state index in [1.165, 1.54) is 0 Å². The number of ketones is 1. The number of benzene rings is 3. The highest BCUT2D eigenvalue weighted by Gasteiger charge is 2.34. The Morgan fingerprint density at radius 3 is 2.38 bits per heavy atom. The van der Waals surface area contributed by atoms with Gasteiger partial charge in [0.15, 0.2) is 5.78 Å². The van der Waals surface area contributed by atoms with Crippen LogP contribution < -0.4 is 0 Å². The van der Waals surface area contributed by atoms with Crippen molar-refractivity contribution in [1.82, 2.24) is 4.90 Å². The average Bonchev–Trinajstić information content (AvgIpc) is 2.73. The van der Waals surface area contributed by atoms with E-state index in [1.54, 1.807) is 18.0 Å². The third kappa shape index (κ3) is 2.21. The van der Waals surface area contributed by atoms with Crippen molar-refractivity contribution in [2.75, 3.05) is 13.6 Å². The van der Waals surface area contributed by atoms with Gasteiger partial charge in [-0.1, -0.05) is 60.7 Å². The van der Waals surface area contributed by atoms with Gasteiger partial charge in [-0.25, -0.2) is 0 Å². The van der Waals surface area contributed by atoms with E-state index in [0.717, 1.165) is 16.3 Å². The average molecular weight is 315 g/mol. The number of nitrogens with zero attached hydrogens (tertiary/aromatic N) is 1. The third-order valence-corrected chi connectivity index (χ3v) is 4.73. The lowest BCUT2D eigenvalue weighted by molar-refractivity contribution is 0.0788. The molecule has 3 aromatic rings. The maximum atomic E-state index is 13.4. The van der Waals surface area contributed by atoms with Gasteiger partial charge in [0.1, 0.15) is 0 Å². The van der Waals surface area contributed by atoms with Crippen LogP contribution in [0.15, 0.2) is 66.7 Å². The molecule has 0 radical (unpaired) electrons. The Morgan fingerprint density at radius 2 is 1.58 bits per heavy atom. The van der Waals surface area contributed by atoms with Gasteiger partial charge >= 0.3 is 0 Å². The molecule has 3 heteroatoms. The number of carbonyl (C=O) groups is 2. The Hall–Kier alpha value is -2.94. The molecule has 1 amide bonds. The van der Waals surface area contributed by atoms with E-state index in [4.69, 9.17) is 0 Å². The van der Waals surface area contributed by atoms with Crippen LogP contribution in [-0.2, 0) is 0 Å². The van der Waals surface area contributed by atoms with Crippen LogP contribution in [0.1, 0.15) is 32.2 Å². The van der Waals surface area contributed by atoms with Gasteiger partial charge in [-0.2, -0.15) is 0 Å². The minimum atomic E-state index is -0.341. The monoisotopic (exact) mass is 315 g/mol. The number of rotatable bonds is 1. The van der Waals surface area contributed by atoms with Gasteiger partial charge in [0.25, 0.3) is 5.91 Å². The van der Waals surface area contributed by atoms with E-state index >= 15 is 0 Å². The summed E-state index contributed by atoms with van der Waals surface area (Å²) in [5.74, 6) is -0.416. The summed E-state index contributed by atoms with van der Waals surface area (Å²) in [5.41, 5.74) is 2.00. The van der Waals surface area contributed by atoms with Crippen LogP contribution in [0, 0.1) is 0 Å². The first-order valence-corrected chi connectivity index (χ1v) is 8.03. The van der Waals surface area contributed by atoms with Crippen LogP contribution in [0.5, 0.6) is 0 Å². The highest BCUT2D eigenvalue weighted by molar-refractivity contribution is 6.19. The second kappa shape index (κ2) is 5.60. The first-order chi connectivity index (χ1) is 11.7. The maximum absolute atomic E-state index is 13.4. The lowest BCUT2D eigenvalue weighted by Crippen LogP contribution is -2.30. The van der Waals surface area contributed by atoms with Crippen molar-refractivity contribution in [2.24, 2.45) is 0 Å².